The molecule has 0 aliphatic heterocycles. The Morgan fingerprint density at radius 2 is 2.10 bits per heavy atom. The molecule has 0 atom stereocenters. The number of hydrogen-bond acceptors (Lipinski definition) is 3. The highest BCUT2D eigenvalue weighted by Crippen LogP contribution is 2.27. The van der Waals surface area contributed by atoms with Crippen molar-refractivity contribution in [3.8, 4) is 6.07 Å². The van der Waals surface area contributed by atoms with Crippen LogP contribution in [0.1, 0.15) is 16.7 Å². The van der Waals surface area contributed by atoms with Gasteiger partial charge in [0.25, 0.3) is 5.56 Å². The van der Waals surface area contributed by atoms with Crippen LogP contribution in [-0.4, -0.2) is 14.5 Å². The number of hydrogen-bond donors (Lipinski definition) is 1. The molecule has 0 aliphatic carbocycles. The van der Waals surface area contributed by atoms with E-state index in [1.165, 1.54) is 11.9 Å². The molecule has 0 radical (unpaired) electrons. The summed E-state index contributed by atoms with van der Waals surface area (Å²) < 4.78 is 2.45. The summed E-state index contributed by atoms with van der Waals surface area (Å²) in [5.74, 6) is 0. The Labute approximate surface area is 129 Å². The predicted octanol–water partition coefficient (Wildman–Crippen LogP) is 2.72. The Kier molecular flexibility index (Phi) is 3.35. The zero-order chi connectivity index (χ0) is 15.0. The average Bonchev–Trinajstić information content (AvgIpc) is 2.75. The van der Waals surface area contributed by atoms with Crippen LogP contribution in [0.4, 0.5) is 0 Å². The molecule has 0 saturated carbocycles. The maximum Gasteiger partial charge on any atom is 0.283 e. The van der Waals surface area contributed by atoms with Gasteiger partial charge in [0.15, 0.2) is 0 Å². The molecule has 0 fully saturated rings. The molecule has 0 amide bonds. The van der Waals surface area contributed by atoms with E-state index in [4.69, 9.17) is 0 Å². The van der Waals surface area contributed by atoms with E-state index in [1.54, 1.807) is 0 Å². The standard InChI is InChI=1S/C15H11BrN4O/c1-9-2-4-10(5-3-9)7-20-13(16)11(6-17)12-14(20)18-8-19-15(12)21/h2-5,8H,7H2,1H3,(H,18,19,21). The summed E-state index contributed by atoms with van der Waals surface area (Å²) >= 11 is 3.41. The third-order valence-corrected chi connectivity index (χ3v) is 4.19. The van der Waals surface area contributed by atoms with Gasteiger partial charge in [0, 0.05) is 0 Å². The van der Waals surface area contributed by atoms with Gasteiger partial charge >= 0.3 is 0 Å². The van der Waals surface area contributed by atoms with Crippen molar-refractivity contribution in [2.75, 3.05) is 0 Å². The lowest BCUT2D eigenvalue weighted by atomic mass is 10.1. The number of aryl methyl sites for hydroxylation is 1. The molecule has 0 bridgehead atoms. The molecule has 0 aliphatic rings. The fraction of sp³-hybridized carbons (Fsp3) is 0.133. The lowest BCUT2D eigenvalue weighted by Gasteiger charge is -2.07. The number of halogens is 1. The highest BCUT2D eigenvalue weighted by Gasteiger charge is 2.18. The van der Waals surface area contributed by atoms with Gasteiger partial charge in [-0.05, 0) is 28.4 Å². The van der Waals surface area contributed by atoms with E-state index in [1.807, 2.05) is 35.8 Å². The number of aromatic amines is 1. The van der Waals surface area contributed by atoms with Crippen LogP contribution in [-0.2, 0) is 6.54 Å². The SMILES string of the molecule is Cc1ccc(Cn2c(Br)c(C#N)c3c(=O)nc[nH]c32)cc1. The minimum absolute atomic E-state index is 0.312. The quantitative estimate of drug-likeness (QED) is 0.777. The highest BCUT2D eigenvalue weighted by molar-refractivity contribution is 9.10. The van der Waals surface area contributed by atoms with Crippen molar-refractivity contribution in [2.24, 2.45) is 0 Å². The number of rotatable bonds is 2. The van der Waals surface area contributed by atoms with E-state index in [2.05, 4.69) is 32.0 Å². The molecular weight excluding hydrogens is 332 g/mol. The molecule has 0 saturated heterocycles. The van der Waals surface area contributed by atoms with Crippen LogP contribution in [0.3, 0.4) is 0 Å². The lowest BCUT2D eigenvalue weighted by Crippen LogP contribution is -2.08. The Morgan fingerprint density at radius 3 is 2.76 bits per heavy atom. The Hall–Kier alpha value is -2.39. The summed E-state index contributed by atoms with van der Waals surface area (Å²) in [6.07, 6.45) is 1.35. The molecule has 6 heteroatoms. The van der Waals surface area contributed by atoms with Crippen molar-refractivity contribution >= 4 is 27.0 Å². The molecule has 104 valence electrons. The molecule has 0 unspecified atom stereocenters. The normalized spacial score (nSPS) is 10.7. The average molecular weight is 343 g/mol. The van der Waals surface area contributed by atoms with Gasteiger partial charge in [-0.1, -0.05) is 29.8 Å². The monoisotopic (exact) mass is 342 g/mol. The third kappa shape index (κ3) is 2.26. The minimum Gasteiger partial charge on any atom is -0.332 e. The number of H-pyrrole nitrogens is 1. The van der Waals surface area contributed by atoms with E-state index in [0.29, 0.717) is 27.7 Å². The van der Waals surface area contributed by atoms with Crippen LogP contribution in [0.2, 0.25) is 0 Å². The number of nitrogens with one attached hydrogen (secondary N) is 1. The minimum atomic E-state index is -0.399. The van der Waals surface area contributed by atoms with E-state index in [-0.39, 0.29) is 0 Å². The first kappa shape index (κ1) is 13.6. The Balaban J connectivity index is 2.21. The lowest BCUT2D eigenvalue weighted by molar-refractivity contribution is 0.803. The first-order chi connectivity index (χ1) is 10.1. The topological polar surface area (TPSA) is 74.5 Å². The Morgan fingerprint density at radius 1 is 1.38 bits per heavy atom. The predicted molar refractivity (Wildman–Crippen MR) is 83.0 cm³/mol. The zero-order valence-electron chi connectivity index (χ0n) is 11.2. The highest BCUT2D eigenvalue weighted by atomic mass is 79.9. The summed E-state index contributed by atoms with van der Waals surface area (Å²) in [6.45, 7) is 2.58. The Bertz CT molecular complexity index is 916. The second-order valence-electron chi connectivity index (χ2n) is 4.78. The fourth-order valence-corrected chi connectivity index (χ4v) is 2.88. The van der Waals surface area contributed by atoms with Crippen molar-refractivity contribution in [1.29, 1.82) is 5.26 Å². The van der Waals surface area contributed by atoms with Crippen molar-refractivity contribution < 1.29 is 0 Å². The van der Waals surface area contributed by atoms with E-state index >= 15 is 0 Å². The van der Waals surface area contributed by atoms with Crippen LogP contribution in [0.25, 0.3) is 11.0 Å². The number of nitrogens with zero attached hydrogens (tertiary/aromatic N) is 3. The molecule has 1 N–H and O–H groups in total. The van der Waals surface area contributed by atoms with E-state index < -0.39 is 5.56 Å². The van der Waals surface area contributed by atoms with Gasteiger partial charge in [0.2, 0.25) is 0 Å². The van der Waals surface area contributed by atoms with Gasteiger partial charge in [0.1, 0.15) is 21.7 Å². The van der Waals surface area contributed by atoms with Gasteiger partial charge in [-0.3, -0.25) is 4.79 Å². The summed E-state index contributed by atoms with van der Waals surface area (Å²) in [4.78, 5) is 18.6. The number of nitriles is 1. The summed E-state index contributed by atoms with van der Waals surface area (Å²) in [6, 6.07) is 10.2. The van der Waals surface area contributed by atoms with Gasteiger partial charge in [0.05, 0.1) is 18.4 Å². The van der Waals surface area contributed by atoms with Crippen LogP contribution < -0.4 is 5.56 Å². The van der Waals surface area contributed by atoms with Crippen molar-refractivity contribution in [3.63, 3.8) is 0 Å². The summed E-state index contributed by atoms with van der Waals surface area (Å²) in [5, 5.41) is 9.60. The molecule has 21 heavy (non-hydrogen) atoms. The largest absolute Gasteiger partial charge is 0.332 e. The molecule has 3 aromatic rings. The van der Waals surface area contributed by atoms with Crippen LogP contribution in [0.15, 0.2) is 40.0 Å². The van der Waals surface area contributed by atoms with Gasteiger partial charge in [-0.25, -0.2) is 0 Å². The summed E-state index contributed by atoms with van der Waals surface area (Å²) in [7, 11) is 0. The maximum absolute atomic E-state index is 11.9. The third-order valence-electron chi connectivity index (χ3n) is 3.37. The van der Waals surface area contributed by atoms with E-state index in [9.17, 15) is 10.1 Å². The smallest absolute Gasteiger partial charge is 0.283 e. The first-order valence-electron chi connectivity index (χ1n) is 6.33. The summed E-state index contributed by atoms with van der Waals surface area (Å²) in [5.41, 5.74) is 2.78. The van der Waals surface area contributed by atoms with Gasteiger partial charge in [-0.2, -0.15) is 10.2 Å². The molecule has 0 spiro atoms. The molecule has 3 rings (SSSR count). The fourth-order valence-electron chi connectivity index (χ4n) is 2.29. The van der Waals surface area contributed by atoms with Crippen molar-refractivity contribution in [3.05, 3.63) is 62.2 Å². The second-order valence-corrected chi connectivity index (χ2v) is 5.53. The number of benzene rings is 1. The molecule has 2 heterocycles. The van der Waals surface area contributed by atoms with Gasteiger partial charge < -0.3 is 9.55 Å². The van der Waals surface area contributed by atoms with E-state index in [0.717, 1.165) is 5.56 Å². The van der Waals surface area contributed by atoms with Crippen LogP contribution in [0, 0.1) is 18.3 Å². The van der Waals surface area contributed by atoms with Crippen molar-refractivity contribution in [2.45, 2.75) is 13.5 Å². The van der Waals surface area contributed by atoms with Crippen LogP contribution >= 0.6 is 15.9 Å². The molecule has 1 aromatic carbocycles. The molecular formula is C15H11BrN4O. The second kappa shape index (κ2) is 5.19. The molecule has 5 nitrogen and oxygen atoms in total. The zero-order valence-corrected chi connectivity index (χ0v) is 12.8. The number of fused-ring (bicyclic) bond motifs is 1. The molecule has 2 aromatic heterocycles. The first-order valence-corrected chi connectivity index (χ1v) is 7.12. The van der Waals surface area contributed by atoms with Crippen LogP contribution in [0.5, 0.6) is 0 Å². The number of aromatic nitrogens is 3. The maximum atomic E-state index is 11.9. The van der Waals surface area contributed by atoms with Crippen molar-refractivity contribution in [1.82, 2.24) is 14.5 Å². The van der Waals surface area contributed by atoms with Gasteiger partial charge in [-0.15, -0.1) is 0 Å².